The maximum atomic E-state index is 13.4. The molecule has 2 N–H and O–H groups in total. The third-order valence-corrected chi connectivity index (χ3v) is 5.48. The van der Waals surface area contributed by atoms with Gasteiger partial charge in [0.2, 0.25) is 11.8 Å². The Bertz CT molecular complexity index is 896. The zero-order valence-corrected chi connectivity index (χ0v) is 17.6. The molecule has 0 unspecified atom stereocenters. The number of aliphatic hydroxyl groups excluding tert-OH is 1. The number of β-amino-alcohol motifs (C(OH)–C–C–N with tert-alkyl or cyclic N) is 1. The monoisotopic (exact) mass is 417 g/mol. The Hall–Kier alpha value is -2.74. The van der Waals surface area contributed by atoms with Crippen molar-refractivity contribution in [3.63, 3.8) is 0 Å². The number of aromatic nitrogens is 1. The van der Waals surface area contributed by atoms with Crippen molar-refractivity contribution in [2.75, 3.05) is 6.54 Å². The van der Waals surface area contributed by atoms with Gasteiger partial charge in [0.15, 0.2) is 0 Å². The Balaban J connectivity index is 1.77. The van der Waals surface area contributed by atoms with Gasteiger partial charge in [0, 0.05) is 19.0 Å². The molecule has 1 aliphatic heterocycles. The molecule has 3 rings (SSSR count). The summed E-state index contributed by atoms with van der Waals surface area (Å²) in [6, 6.07) is 6.44. The lowest BCUT2D eigenvalue weighted by molar-refractivity contribution is -0.141. The minimum atomic E-state index is -0.791. The molecule has 2 heterocycles. The number of hydrogen-bond acceptors (Lipinski definition) is 5. The Morgan fingerprint density at radius 2 is 1.93 bits per heavy atom. The van der Waals surface area contributed by atoms with Crippen LogP contribution in [0.5, 0.6) is 0 Å². The molecule has 2 aromatic rings. The molecule has 2 amide bonds. The van der Waals surface area contributed by atoms with Gasteiger partial charge in [-0.2, -0.15) is 0 Å². The number of nitrogens with zero attached hydrogens (tertiary/aromatic N) is 2. The summed E-state index contributed by atoms with van der Waals surface area (Å²) in [6.45, 7) is 7.45. The SMILES string of the molecule is Cc1cc([C@H](C(=O)N2C[C@H](O)C[C@H]2C(=O)N[C@H](C)c2ccc(F)cc2)C(C)C)on1. The Morgan fingerprint density at radius 3 is 2.50 bits per heavy atom. The van der Waals surface area contributed by atoms with Crippen molar-refractivity contribution in [1.82, 2.24) is 15.4 Å². The highest BCUT2D eigenvalue weighted by Crippen LogP contribution is 2.31. The van der Waals surface area contributed by atoms with E-state index in [9.17, 15) is 19.1 Å². The quantitative estimate of drug-likeness (QED) is 0.754. The molecule has 162 valence electrons. The Morgan fingerprint density at radius 1 is 1.27 bits per heavy atom. The topological polar surface area (TPSA) is 95.7 Å². The van der Waals surface area contributed by atoms with E-state index in [-0.39, 0.29) is 42.6 Å². The fourth-order valence-corrected chi connectivity index (χ4v) is 3.89. The minimum absolute atomic E-state index is 0.0792. The number of amides is 2. The van der Waals surface area contributed by atoms with Crippen LogP contribution in [0.1, 0.15) is 56.2 Å². The number of likely N-dealkylation sites (tertiary alicyclic amines) is 1. The highest BCUT2D eigenvalue weighted by Gasteiger charge is 2.43. The second kappa shape index (κ2) is 8.95. The van der Waals surface area contributed by atoms with Gasteiger partial charge in [0.1, 0.15) is 23.5 Å². The molecule has 8 heteroatoms. The summed E-state index contributed by atoms with van der Waals surface area (Å²) in [7, 11) is 0. The average molecular weight is 417 g/mol. The Labute approximate surface area is 175 Å². The smallest absolute Gasteiger partial charge is 0.243 e. The third kappa shape index (κ3) is 4.70. The normalized spacial score (nSPS) is 21.0. The number of carbonyl (C=O) groups is 2. The molecule has 4 atom stereocenters. The number of halogens is 1. The van der Waals surface area contributed by atoms with E-state index in [0.29, 0.717) is 11.5 Å². The molecule has 1 aliphatic rings. The summed E-state index contributed by atoms with van der Waals surface area (Å²) < 4.78 is 18.5. The summed E-state index contributed by atoms with van der Waals surface area (Å²) >= 11 is 0. The third-order valence-electron chi connectivity index (χ3n) is 5.48. The zero-order chi connectivity index (χ0) is 22.0. The molecule has 1 fully saturated rings. The molecule has 0 saturated carbocycles. The number of hydrogen-bond donors (Lipinski definition) is 2. The predicted molar refractivity (Wildman–Crippen MR) is 108 cm³/mol. The highest BCUT2D eigenvalue weighted by molar-refractivity contribution is 5.91. The lowest BCUT2D eigenvalue weighted by Gasteiger charge is -2.29. The lowest BCUT2D eigenvalue weighted by atomic mass is 9.91. The van der Waals surface area contributed by atoms with Crippen LogP contribution < -0.4 is 5.32 Å². The van der Waals surface area contributed by atoms with Crippen LogP contribution in [0.15, 0.2) is 34.9 Å². The summed E-state index contributed by atoms with van der Waals surface area (Å²) in [4.78, 5) is 27.7. The van der Waals surface area contributed by atoms with Gasteiger partial charge in [-0.25, -0.2) is 4.39 Å². The first kappa shape index (κ1) is 22.0. The summed E-state index contributed by atoms with van der Waals surface area (Å²) in [5, 5.41) is 16.9. The van der Waals surface area contributed by atoms with Crippen molar-refractivity contribution in [3.8, 4) is 0 Å². The molecule has 30 heavy (non-hydrogen) atoms. The van der Waals surface area contributed by atoms with Gasteiger partial charge >= 0.3 is 0 Å². The number of benzene rings is 1. The van der Waals surface area contributed by atoms with E-state index in [2.05, 4.69) is 10.5 Å². The molecule has 0 spiro atoms. The molecule has 1 aromatic heterocycles. The van der Waals surface area contributed by atoms with Crippen molar-refractivity contribution >= 4 is 11.8 Å². The van der Waals surface area contributed by atoms with E-state index in [1.807, 2.05) is 13.8 Å². The number of rotatable bonds is 6. The molecular formula is C22H28FN3O4. The first-order valence-electron chi connectivity index (χ1n) is 10.1. The largest absolute Gasteiger partial charge is 0.391 e. The van der Waals surface area contributed by atoms with Gasteiger partial charge in [-0.3, -0.25) is 9.59 Å². The maximum Gasteiger partial charge on any atom is 0.243 e. The van der Waals surface area contributed by atoms with Crippen molar-refractivity contribution in [2.24, 2.45) is 5.92 Å². The fourth-order valence-electron chi connectivity index (χ4n) is 3.89. The van der Waals surface area contributed by atoms with Crippen molar-refractivity contribution in [2.45, 2.75) is 58.2 Å². The van der Waals surface area contributed by atoms with Gasteiger partial charge in [0.05, 0.1) is 17.8 Å². The number of aryl methyl sites for hydroxylation is 1. The van der Waals surface area contributed by atoms with E-state index in [0.717, 1.165) is 5.56 Å². The van der Waals surface area contributed by atoms with Crippen LogP contribution in [0.2, 0.25) is 0 Å². The van der Waals surface area contributed by atoms with E-state index >= 15 is 0 Å². The van der Waals surface area contributed by atoms with Crippen LogP contribution in [0.4, 0.5) is 4.39 Å². The van der Waals surface area contributed by atoms with Gasteiger partial charge in [-0.05, 0) is 37.5 Å². The number of aliphatic hydroxyl groups is 1. The van der Waals surface area contributed by atoms with Crippen LogP contribution in [-0.4, -0.2) is 45.7 Å². The maximum absolute atomic E-state index is 13.4. The molecule has 7 nitrogen and oxygen atoms in total. The summed E-state index contributed by atoms with van der Waals surface area (Å²) in [5.74, 6) is -1.20. The fraction of sp³-hybridized carbons (Fsp3) is 0.500. The molecule has 0 aliphatic carbocycles. The van der Waals surface area contributed by atoms with Crippen LogP contribution in [0.25, 0.3) is 0 Å². The van der Waals surface area contributed by atoms with Gasteiger partial charge in [-0.15, -0.1) is 0 Å². The summed E-state index contributed by atoms with van der Waals surface area (Å²) in [6.07, 6.45) is -0.622. The molecular weight excluding hydrogens is 389 g/mol. The van der Waals surface area contributed by atoms with Crippen LogP contribution in [-0.2, 0) is 9.59 Å². The standard InChI is InChI=1S/C22H28FN3O4/c1-12(2)20(19-9-13(3)25-30-19)22(29)26-11-17(27)10-18(26)21(28)24-14(4)15-5-7-16(23)8-6-15/h5-9,12,14,17-18,20,27H,10-11H2,1-4H3,(H,24,28)/t14-,17-,18+,20-/m1/s1. The first-order chi connectivity index (χ1) is 14.2. The molecule has 0 radical (unpaired) electrons. The number of carbonyl (C=O) groups excluding carboxylic acids is 2. The molecule has 1 saturated heterocycles. The van der Waals surface area contributed by atoms with Crippen molar-refractivity contribution in [3.05, 3.63) is 53.2 Å². The molecule has 0 bridgehead atoms. The lowest BCUT2D eigenvalue weighted by Crippen LogP contribution is -2.48. The highest BCUT2D eigenvalue weighted by atomic mass is 19.1. The minimum Gasteiger partial charge on any atom is -0.391 e. The van der Waals surface area contributed by atoms with Crippen molar-refractivity contribution in [1.29, 1.82) is 0 Å². The second-order valence-corrected chi connectivity index (χ2v) is 8.27. The predicted octanol–water partition coefficient (Wildman–Crippen LogP) is 2.70. The van der Waals surface area contributed by atoms with Crippen LogP contribution in [0.3, 0.4) is 0 Å². The van der Waals surface area contributed by atoms with E-state index in [1.165, 1.54) is 17.0 Å². The van der Waals surface area contributed by atoms with E-state index in [1.54, 1.807) is 32.0 Å². The zero-order valence-electron chi connectivity index (χ0n) is 17.6. The summed E-state index contributed by atoms with van der Waals surface area (Å²) in [5.41, 5.74) is 1.42. The van der Waals surface area contributed by atoms with E-state index in [4.69, 9.17) is 4.52 Å². The van der Waals surface area contributed by atoms with Crippen LogP contribution in [0, 0.1) is 18.7 Å². The van der Waals surface area contributed by atoms with Crippen molar-refractivity contribution < 1.29 is 23.6 Å². The molecule has 1 aromatic carbocycles. The van der Waals surface area contributed by atoms with Gasteiger partial charge < -0.3 is 19.8 Å². The average Bonchev–Trinajstić information content (AvgIpc) is 3.27. The Kier molecular flexibility index (Phi) is 6.55. The second-order valence-electron chi connectivity index (χ2n) is 8.27. The van der Waals surface area contributed by atoms with Gasteiger partial charge in [-0.1, -0.05) is 31.1 Å². The van der Waals surface area contributed by atoms with Crippen LogP contribution >= 0.6 is 0 Å². The van der Waals surface area contributed by atoms with Gasteiger partial charge in [0.25, 0.3) is 0 Å². The first-order valence-corrected chi connectivity index (χ1v) is 10.1. The number of nitrogens with one attached hydrogen (secondary N) is 1. The van der Waals surface area contributed by atoms with E-state index < -0.39 is 18.1 Å².